The van der Waals surface area contributed by atoms with E-state index in [1.807, 2.05) is 49.4 Å². The van der Waals surface area contributed by atoms with Crippen LogP contribution in [0.5, 0.6) is 0 Å². The summed E-state index contributed by atoms with van der Waals surface area (Å²) in [5.74, 6) is -1.67. The lowest BCUT2D eigenvalue weighted by molar-refractivity contribution is -0.122. The minimum Gasteiger partial charge on any atom is -0.326 e. The number of para-hydroxylation sites is 1. The van der Waals surface area contributed by atoms with Crippen molar-refractivity contribution < 1.29 is 9.59 Å². The largest absolute Gasteiger partial charge is 0.332 e. The van der Waals surface area contributed by atoms with Crippen molar-refractivity contribution >= 4 is 23.3 Å². The molecule has 0 unspecified atom stereocenters. The molecule has 8 heteroatoms. The molecule has 1 aliphatic heterocycles. The third-order valence-electron chi connectivity index (χ3n) is 5.48. The number of aryl methyl sites for hydroxylation is 1. The third-order valence-corrected chi connectivity index (χ3v) is 5.48. The minimum absolute atomic E-state index is 0.142. The number of amides is 2. The van der Waals surface area contributed by atoms with Crippen molar-refractivity contribution in [1.29, 1.82) is 0 Å². The van der Waals surface area contributed by atoms with Gasteiger partial charge in [0.15, 0.2) is 0 Å². The van der Waals surface area contributed by atoms with Crippen LogP contribution in [-0.4, -0.2) is 20.9 Å². The molecule has 0 bridgehead atoms. The van der Waals surface area contributed by atoms with E-state index in [9.17, 15) is 19.2 Å². The summed E-state index contributed by atoms with van der Waals surface area (Å²) < 4.78 is 2.34. The monoisotopic (exact) mass is 418 g/mol. The molecule has 2 aromatic carbocycles. The van der Waals surface area contributed by atoms with Crippen molar-refractivity contribution in [3.05, 3.63) is 92.1 Å². The van der Waals surface area contributed by atoms with Gasteiger partial charge in [-0.25, -0.2) is 4.79 Å². The van der Waals surface area contributed by atoms with Crippen LogP contribution in [0.4, 0.5) is 11.5 Å². The molecule has 0 fully saturated rings. The van der Waals surface area contributed by atoms with Gasteiger partial charge in [-0.3, -0.25) is 23.5 Å². The van der Waals surface area contributed by atoms with Gasteiger partial charge in [-0.05, 0) is 24.1 Å². The second-order valence-electron chi connectivity index (χ2n) is 7.59. The van der Waals surface area contributed by atoms with Crippen LogP contribution >= 0.6 is 0 Å². The number of nitrogens with zero attached hydrogens (tertiary/aromatic N) is 2. The molecule has 1 aliphatic rings. The fraction of sp³-hybridized carbons (Fsp3) is 0.217. The van der Waals surface area contributed by atoms with Crippen LogP contribution < -0.4 is 21.9 Å². The fourth-order valence-corrected chi connectivity index (χ4v) is 3.78. The number of nitrogens with one attached hydrogen (secondary N) is 2. The van der Waals surface area contributed by atoms with Crippen LogP contribution in [-0.2, 0) is 23.2 Å². The molecule has 8 nitrogen and oxygen atoms in total. The van der Waals surface area contributed by atoms with Crippen molar-refractivity contribution in [2.75, 3.05) is 10.6 Å². The number of hydrogen-bond donors (Lipinski definition) is 2. The second kappa shape index (κ2) is 8.06. The molecule has 0 radical (unpaired) electrons. The van der Waals surface area contributed by atoms with E-state index in [1.165, 1.54) is 11.6 Å². The molecule has 0 aliphatic carbocycles. The summed E-state index contributed by atoms with van der Waals surface area (Å²) in [6.07, 6.45) is -0.202. The summed E-state index contributed by atoms with van der Waals surface area (Å²) in [5.41, 5.74) is 1.42. The lowest BCUT2D eigenvalue weighted by Crippen LogP contribution is -2.40. The van der Waals surface area contributed by atoms with E-state index in [4.69, 9.17) is 0 Å². The summed E-state index contributed by atoms with van der Waals surface area (Å²) in [6, 6.07) is 16.6. The molecular weight excluding hydrogens is 396 g/mol. The molecule has 2 heterocycles. The van der Waals surface area contributed by atoms with E-state index < -0.39 is 23.1 Å². The van der Waals surface area contributed by atoms with Crippen molar-refractivity contribution in [2.45, 2.75) is 25.8 Å². The summed E-state index contributed by atoms with van der Waals surface area (Å²) in [4.78, 5) is 51.0. The van der Waals surface area contributed by atoms with Crippen LogP contribution in [0.2, 0.25) is 0 Å². The number of benzene rings is 2. The van der Waals surface area contributed by atoms with E-state index in [0.717, 1.165) is 15.7 Å². The van der Waals surface area contributed by atoms with Crippen LogP contribution in [0.1, 0.15) is 29.0 Å². The number of rotatable bonds is 5. The molecule has 0 spiro atoms. The number of carbonyl (C=O) groups excluding carboxylic acids is 2. The maximum Gasteiger partial charge on any atom is 0.332 e. The SMILES string of the molecule is Cc1ccccc1NC(=O)C[C@H]1C(=O)Nc2c1c(=O)n(C)c(=O)n2Cc1ccccc1. The Morgan fingerprint density at radius 3 is 2.42 bits per heavy atom. The summed E-state index contributed by atoms with van der Waals surface area (Å²) in [6.45, 7) is 2.06. The maximum absolute atomic E-state index is 12.9. The first-order chi connectivity index (χ1) is 14.9. The van der Waals surface area contributed by atoms with Gasteiger partial charge in [-0.1, -0.05) is 48.5 Å². The molecule has 4 rings (SSSR count). The Kier molecular flexibility index (Phi) is 5.29. The van der Waals surface area contributed by atoms with E-state index in [0.29, 0.717) is 5.69 Å². The average molecular weight is 418 g/mol. The third kappa shape index (κ3) is 3.79. The average Bonchev–Trinajstić information content (AvgIpc) is 3.08. The molecule has 0 saturated heterocycles. The quantitative estimate of drug-likeness (QED) is 0.661. The predicted octanol–water partition coefficient (Wildman–Crippen LogP) is 1.97. The van der Waals surface area contributed by atoms with Crippen molar-refractivity contribution in [2.24, 2.45) is 7.05 Å². The van der Waals surface area contributed by atoms with Gasteiger partial charge in [0.1, 0.15) is 5.82 Å². The maximum atomic E-state index is 12.9. The van der Waals surface area contributed by atoms with Gasteiger partial charge >= 0.3 is 5.69 Å². The summed E-state index contributed by atoms with van der Waals surface area (Å²) >= 11 is 0. The molecule has 0 saturated carbocycles. The van der Waals surface area contributed by atoms with Crippen LogP contribution in [0.15, 0.2) is 64.2 Å². The standard InChI is InChI=1S/C23H22N4O4/c1-14-8-6-7-11-17(14)24-18(28)12-16-19-20(25-21(16)29)27(23(31)26(2)22(19)30)13-15-9-4-3-5-10-15/h3-11,16H,12-13H2,1-2H3,(H,24,28)(H,25,29)/t16-/m1/s1. The lowest BCUT2D eigenvalue weighted by atomic mass is 9.98. The zero-order valence-corrected chi connectivity index (χ0v) is 17.2. The van der Waals surface area contributed by atoms with Crippen LogP contribution in [0.3, 0.4) is 0 Å². The summed E-state index contributed by atoms with van der Waals surface area (Å²) in [7, 11) is 1.37. The Hall–Kier alpha value is -3.94. The first-order valence-electron chi connectivity index (χ1n) is 9.91. The predicted molar refractivity (Wildman–Crippen MR) is 117 cm³/mol. The Bertz CT molecular complexity index is 1290. The molecule has 3 aromatic rings. The van der Waals surface area contributed by atoms with Gasteiger partial charge < -0.3 is 10.6 Å². The zero-order chi connectivity index (χ0) is 22.1. The fourth-order valence-electron chi connectivity index (χ4n) is 3.78. The molecule has 158 valence electrons. The van der Waals surface area contributed by atoms with E-state index in [1.54, 1.807) is 12.1 Å². The van der Waals surface area contributed by atoms with Gasteiger partial charge in [0.05, 0.1) is 18.0 Å². The zero-order valence-electron chi connectivity index (χ0n) is 17.2. The highest BCUT2D eigenvalue weighted by atomic mass is 16.2. The number of anilines is 2. The van der Waals surface area contributed by atoms with E-state index in [2.05, 4.69) is 10.6 Å². The molecule has 2 N–H and O–H groups in total. The normalized spacial score (nSPS) is 14.8. The summed E-state index contributed by atoms with van der Waals surface area (Å²) in [5, 5.41) is 5.45. The van der Waals surface area contributed by atoms with Crippen molar-refractivity contribution in [3.63, 3.8) is 0 Å². The molecule has 31 heavy (non-hydrogen) atoms. The smallest absolute Gasteiger partial charge is 0.326 e. The Morgan fingerprint density at radius 2 is 1.71 bits per heavy atom. The van der Waals surface area contributed by atoms with E-state index in [-0.39, 0.29) is 30.3 Å². The minimum atomic E-state index is -0.972. The van der Waals surface area contributed by atoms with Gasteiger partial charge in [-0.2, -0.15) is 0 Å². The number of fused-ring (bicyclic) bond motifs is 1. The topological polar surface area (TPSA) is 102 Å². The van der Waals surface area contributed by atoms with Crippen molar-refractivity contribution in [1.82, 2.24) is 9.13 Å². The number of aromatic nitrogens is 2. The number of carbonyl (C=O) groups is 2. The Labute approximate surface area is 178 Å². The molecule has 1 aromatic heterocycles. The molecular formula is C23H22N4O4. The number of hydrogen-bond acceptors (Lipinski definition) is 4. The van der Waals surface area contributed by atoms with Gasteiger partial charge in [-0.15, -0.1) is 0 Å². The van der Waals surface area contributed by atoms with E-state index >= 15 is 0 Å². The lowest BCUT2D eigenvalue weighted by Gasteiger charge is -2.14. The highest BCUT2D eigenvalue weighted by molar-refractivity contribution is 6.05. The van der Waals surface area contributed by atoms with Gasteiger partial charge in [0.2, 0.25) is 11.8 Å². The van der Waals surface area contributed by atoms with Gasteiger partial charge in [0, 0.05) is 19.2 Å². The van der Waals surface area contributed by atoms with Crippen molar-refractivity contribution in [3.8, 4) is 0 Å². The Morgan fingerprint density at radius 1 is 1.03 bits per heavy atom. The molecule has 2 amide bonds. The van der Waals surface area contributed by atoms with Crippen LogP contribution in [0, 0.1) is 6.92 Å². The van der Waals surface area contributed by atoms with Gasteiger partial charge in [0.25, 0.3) is 5.56 Å². The highest BCUT2D eigenvalue weighted by Crippen LogP contribution is 2.32. The Balaban J connectivity index is 1.69. The first-order valence-corrected chi connectivity index (χ1v) is 9.91. The second-order valence-corrected chi connectivity index (χ2v) is 7.59. The first kappa shape index (κ1) is 20.3. The highest BCUT2D eigenvalue weighted by Gasteiger charge is 2.38. The molecule has 1 atom stereocenters. The van der Waals surface area contributed by atoms with Crippen LogP contribution in [0.25, 0.3) is 0 Å².